The highest BCUT2D eigenvalue weighted by atomic mass is 32.2. The number of rotatable bonds is 12. The summed E-state index contributed by atoms with van der Waals surface area (Å²) in [5.74, 6) is 0.120. The van der Waals surface area contributed by atoms with Gasteiger partial charge in [-0.15, -0.1) is 0 Å². The van der Waals surface area contributed by atoms with Crippen molar-refractivity contribution in [3.05, 3.63) is 59.7 Å². The summed E-state index contributed by atoms with van der Waals surface area (Å²) in [5, 5.41) is 2.92. The van der Waals surface area contributed by atoms with Crippen molar-refractivity contribution in [2.75, 3.05) is 30.8 Å². The smallest absolute Gasteiger partial charge is 0.244 e. The Labute approximate surface area is 209 Å². The molecule has 0 aliphatic carbocycles. The lowest BCUT2D eigenvalue weighted by Crippen LogP contribution is -2.52. The Bertz CT molecular complexity index is 1100. The van der Waals surface area contributed by atoms with Crippen LogP contribution in [0.25, 0.3) is 0 Å². The first-order valence-corrected chi connectivity index (χ1v) is 13.6. The van der Waals surface area contributed by atoms with Crippen LogP contribution in [0.3, 0.4) is 0 Å². The van der Waals surface area contributed by atoms with Gasteiger partial charge in [-0.3, -0.25) is 13.9 Å². The molecule has 0 aliphatic rings. The number of hydrogen-bond donors (Lipinski definition) is 1. The van der Waals surface area contributed by atoms with Crippen molar-refractivity contribution in [1.29, 1.82) is 0 Å². The third kappa shape index (κ3) is 7.99. The summed E-state index contributed by atoms with van der Waals surface area (Å²) < 4.78 is 31.5. The molecule has 1 atom stereocenters. The Balaban J connectivity index is 2.42. The number of amides is 2. The average Bonchev–Trinajstić information content (AvgIpc) is 2.81. The number of nitrogens with zero attached hydrogens (tertiary/aromatic N) is 2. The van der Waals surface area contributed by atoms with Crippen molar-refractivity contribution >= 4 is 27.5 Å². The summed E-state index contributed by atoms with van der Waals surface area (Å²) in [6, 6.07) is 13.4. The summed E-state index contributed by atoms with van der Waals surface area (Å²) in [4.78, 5) is 28.2. The van der Waals surface area contributed by atoms with Crippen LogP contribution in [0.5, 0.6) is 5.75 Å². The summed E-state index contributed by atoms with van der Waals surface area (Å²) in [5.41, 5.74) is 2.22. The first kappa shape index (κ1) is 28.2. The Hall–Kier alpha value is -3.07. The average molecular weight is 504 g/mol. The van der Waals surface area contributed by atoms with Crippen molar-refractivity contribution in [3.8, 4) is 5.75 Å². The lowest BCUT2D eigenvalue weighted by molar-refractivity contribution is -0.140. The third-order valence-corrected chi connectivity index (χ3v) is 6.85. The van der Waals surface area contributed by atoms with Gasteiger partial charge < -0.3 is 15.0 Å². The second-order valence-corrected chi connectivity index (χ2v) is 10.9. The highest BCUT2D eigenvalue weighted by Crippen LogP contribution is 2.23. The lowest BCUT2D eigenvalue weighted by Gasteiger charge is -2.33. The molecule has 0 aromatic heterocycles. The Kier molecular flexibility index (Phi) is 10.1. The van der Waals surface area contributed by atoms with Gasteiger partial charge in [-0.1, -0.05) is 45.0 Å². The van der Waals surface area contributed by atoms with Gasteiger partial charge in [-0.05, 0) is 54.7 Å². The Morgan fingerprint density at radius 1 is 1.06 bits per heavy atom. The number of hydrogen-bond acceptors (Lipinski definition) is 5. The van der Waals surface area contributed by atoms with E-state index < -0.39 is 28.5 Å². The normalized spacial score (nSPS) is 12.2. The number of benzene rings is 2. The van der Waals surface area contributed by atoms with Crippen molar-refractivity contribution < 1.29 is 22.7 Å². The van der Waals surface area contributed by atoms with E-state index in [9.17, 15) is 18.0 Å². The van der Waals surface area contributed by atoms with Crippen molar-refractivity contribution in [1.82, 2.24) is 10.2 Å². The number of aryl methyl sites for hydroxylation is 1. The number of ether oxygens (including phenoxy) is 1. The van der Waals surface area contributed by atoms with E-state index in [4.69, 9.17) is 4.74 Å². The minimum atomic E-state index is -3.78. The molecule has 0 unspecified atom stereocenters. The van der Waals surface area contributed by atoms with Crippen molar-refractivity contribution in [2.45, 2.75) is 46.7 Å². The maximum absolute atomic E-state index is 13.7. The molecular weight excluding hydrogens is 466 g/mol. The van der Waals surface area contributed by atoms with Crippen LogP contribution in [0.2, 0.25) is 0 Å². The molecular formula is C26H37N3O5S. The molecule has 0 fully saturated rings. The molecule has 9 heteroatoms. The topological polar surface area (TPSA) is 96.0 Å². The summed E-state index contributed by atoms with van der Waals surface area (Å²) in [6.07, 6.45) is 1.45. The number of sulfonamides is 1. The van der Waals surface area contributed by atoms with Gasteiger partial charge in [0.15, 0.2) is 0 Å². The molecule has 0 aliphatic heterocycles. The van der Waals surface area contributed by atoms with E-state index >= 15 is 0 Å². The quantitative estimate of drug-likeness (QED) is 0.479. The molecule has 192 valence electrons. The minimum absolute atomic E-state index is 0.194. The van der Waals surface area contributed by atoms with Crippen LogP contribution >= 0.6 is 0 Å². The van der Waals surface area contributed by atoms with Crippen LogP contribution in [0, 0.1) is 12.8 Å². The van der Waals surface area contributed by atoms with Gasteiger partial charge >= 0.3 is 0 Å². The number of anilines is 1. The van der Waals surface area contributed by atoms with Crippen LogP contribution in [0.15, 0.2) is 48.5 Å². The van der Waals surface area contributed by atoms with Gasteiger partial charge in [0.2, 0.25) is 21.8 Å². The van der Waals surface area contributed by atoms with Crippen LogP contribution in [0.1, 0.15) is 38.3 Å². The van der Waals surface area contributed by atoms with Gasteiger partial charge in [0, 0.05) is 13.1 Å². The summed E-state index contributed by atoms with van der Waals surface area (Å²) in [6.45, 7) is 8.04. The zero-order chi connectivity index (χ0) is 26.2. The number of nitrogens with one attached hydrogen (secondary N) is 1. The molecule has 0 saturated carbocycles. The highest BCUT2D eigenvalue weighted by molar-refractivity contribution is 7.92. The monoisotopic (exact) mass is 503 g/mol. The van der Waals surface area contributed by atoms with Crippen LogP contribution < -0.4 is 14.4 Å². The van der Waals surface area contributed by atoms with E-state index in [-0.39, 0.29) is 18.4 Å². The fourth-order valence-corrected chi connectivity index (χ4v) is 4.52. The molecule has 0 bridgehead atoms. The first-order chi connectivity index (χ1) is 16.5. The second-order valence-electron chi connectivity index (χ2n) is 8.98. The standard InChI is InChI=1S/C26H37N3O5S/c1-7-24(26(31)27-16-19(2)3)28(17-21-11-9-8-10-20(21)4)25(30)18-29(35(6,32)33)22-12-14-23(34-5)15-13-22/h8-15,19,24H,7,16-18H2,1-6H3,(H,27,31)/t24-/m0/s1. The maximum atomic E-state index is 13.7. The van der Waals surface area contributed by atoms with Crippen molar-refractivity contribution in [2.24, 2.45) is 5.92 Å². The zero-order valence-electron chi connectivity index (χ0n) is 21.4. The number of carbonyl (C=O) groups is 2. The van der Waals surface area contributed by atoms with Gasteiger partial charge in [-0.25, -0.2) is 8.42 Å². The van der Waals surface area contributed by atoms with Crippen LogP contribution in [-0.2, 0) is 26.2 Å². The van der Waals surface area contributed by atoms with E-state index in [1.54, 1.807) is 24.3 Å². The molecule has 35 heavy (non-hydrogen) atoms. The molecule has 2 rings (SSSR count). The second kappa shape index (κ2) is 12.6. The van der Waals surface area contributed by atoms with E-state index in [1.807, 2.05) is 52.0 Å². The summed E-state index contributed by atoms with van der Waals surface area (Å²) >= 11 is 0. The number of carbonyl (C=O) groups excluding carboxylic acids is 2. The molecule has 8 nitrogen and oxygen atoms in total. The van der Waals surface area contributed by atoms with Gasteiger partial charge in [0.25, 0.3) is 0 Å². The van der Waals surface area contributed by atoms with E-state index in [0.29, 0.717) is 24.4 Å². The number of methoxy groups -OCH3 is 1. The maximum Gasteiger partial charge on any atom is 0.244 e. The van der Waals surface area contributed by atoms with E-state index in [2.05, 4.69) is 5.32 Å². The molecule has 1 N–H and O–H groups in total. The third-order valence-electron chi connectivity index (χ3n) is 5.71. The molecule has 0 radical (unpaired) electrons. The molecule has 0 spiro atoms. The molecule has 2 aromatic carbocycles. The predicted molar refractivity (Wildman–Crippen MR) is 139 cm³/mol. The van der Waals surface area contributed by atoms with E-state index in [1.165, 1.54) is 12.0 Å². The van der Waals surface area contributed by atoms with Gasteiger partial charge in [0.05, 0.1) is 19.1 Å². The fourth-order valence-electron chi connectivity index (χ4n) is 3.68. The minimum Gasteiger partial charge on any atom is -0.497 e. The van der Waals surface area contributed by atoms with Gasteiger partial charge in [-0.2, -0.15) is 0 Å². The zero-order valence-corrected chi connectivity index (χ0v) is 22.3. The van der Waals surface area contributed by atoms with Gasteiger partial charge in [0.1, 0.15) is 18.3 Å². The first-order valence-electron chi connectivity index (χ1n) is 11.7. The summed E-state index contributed by atoms with van der Waals surface area (Å²) in [7, 11) is -2.26. The Morgan fingerprint density at radius 3 is 2.20 bits per heavy atom. The molecule has 2 aromatic rings. The predicted octanol–water partition coefficient (Wildman–Crippen LogP) is 3.35. The highest BCUT2D eigenvalue weighted by Gasteiger charge is 2.32. The lowest BCUT2D eigenvalue weighted by atomic mass is 10.1. The fraction of sp³-hybridized carbons (Fsp3) is 0.462. The molecule has 0 heterocycles. The van der Waals surface area contributed by atoms with Crippen LogP contribution in [-0.4, -0.2) is 57.6 Å². The Morgan fingerprint density at radius 2 is 1.69 bits per heavy atom. The molecule has 0 saturated heterocycles. The SMILES string of the molecule is CC[C@@H](C(=O)NCC(C)C)N(Cc1ccccc1C)C(=O)CN(c1ccc(OC)cc1)S(C)(=O)=O. The molecule has 2 amide bonds. The largest absolute Gasteiger partial charge is 0.497 e. The van der Waals surface area contributed by atoms with Crippen molar-refractivity contribution in [3.63, 3.8) is 0 Å². The van der Waals surface area contributed by atoms with E-state index in [0.717, 1.165) is 21.7 Å². The van der Waals surface area contributed by atoms with Crippen LogP contribution in [0.4, 0.5) is 5.69 Å².